The van der Waals surface area contributed by atoms with Crippen LogP contribution in [0.5, 0.6) is 11.5 Å². The van der Waals surface area contributed by atoms with Gasteiger partial charge in [0.15, 0.2) is 17.6 Å². The molecule has 2 amide bonds. The predicted molar refractivity (Wildman–Crippen MR) is 81.1 cm³/mol. The average Bonchev–Trinajstić information content (AvgIpc) is 3.20. The molecule has 0 aromatic heterocycles. The Morgan fingerprint density at radius 1 is 1.38 bits per heavy atom. The molecule has 0 spiro atoms. The van der Waals surface area contributed by atoms with Crippen molar-refractivity contribution in [2.24, 2.45) is 0 Å². The van der Waals surface area contributed by atoms with E-state index in [1.165, 1.54) is 6.92 Å². The van der Waals surface area contributed by atoms with Crippen LogP contribution in [0.3, 0.4) is 0 Å². The minimum absolute atomic E-state index is 0.183. The number of esters is 1. The summed E-state index contributed by atoms with van der Waals surface area (Å²) in [4.78, 5) is 35.0. The van der Waals surface area contributed by atoms with Crippen LogP contribution in [0.2, 0.25) is 0 Å². The van der Waals surface area contributed by atoms with Gasteiger partial charge in [-0.05, 0) is 31.0 Å². The molecule has 2 aliphatic heterocycles. The molecule has 2 N–H and O–H groups in total. The van der Waals surface area contributed by atoms with E-state index in [0.717, 1.165) is 5.56 Å². The Kier molecular flexibility index (Phi) is 4.54. The van der Waals surface area contributed by atoms with E-state index in [1.807, 2.05) is 6.07 Å². The van der Waals surface area contributed by atoms with E-state index < -0.39 is 24.0 Å². The molecule has 128 valence electrons. The van der Waals surface area contributed by atoms with Crippen LogP contribution in [-0.4, -0.2) is 36.7 Å². The Morgan fingerprint density at radius 3 is 2.92 bits per heavy atom. The lowest BCUT2D eigenvalue weighted by Gasteiger charge is -2.16. The number of benzene rings is 1. The largest absolute Gasteiger partial charge is 0.454 e. The highest BCUT2D eigenvalue weighted by Gasteiger charge is 2.30. The fourth-order valence-corrected chi connectivity index (χ4v) is 2.48. The molecule has 8 heteroatoms. The second kappa shape index (κ2) is 6.77. The minimum Gasteiger partial charge on any atom is -0.454 e. The summed E-state index contributed by atoms with van der Waals surface area (Å²) < 4.78 is 15.6. The van der Waals surface area contributed by atoms with Crippen molar-refractivity contribution in [3.05, 3.63) is 23.8 Å². The maximum atomic E-state index is 12.0. The van der Waals surface area contributed by atoms with E-state index in [0.29, 0.717) is 24.3 Å². The smallest absolute Gasteiger partial charge is 0.329 e. The zero-order valence-corrected chi connectivity index (χ0v) is 13.2. The van der Waals surface area contributed by atoms with Crippen LogP contribution in [0, 0.1) is 0 Å². The van der Waals surface area contributed by atoms with Gasteiger partial charge >= 0.3 is 5.97 Å². The lowest BCUT2D eigenvalue weighted by molar-refractivity contribution is -0.156. The Labute approximate surface area is 138 Å². The number of carbonyl (C=O) groups excluding carboxylic acids is 3. The van der Waals surface area contributed by atoms with E-state index in [2.05, 4.69) is 10.6 Å². The maximum absolute atomic E-state index is 12.0. The van der Waals surface area contributed by atoms with Crippen molar-refractivity contribution in [1.82, 2.24) is 10.6 Å². The summed E-state index contributed by atoms with van der Waals surface area (Å²) in [5, 5.41) is 5.20. The molecule has 1 saturated heterocycles. The summed E-state index contributed by atoms with van der Waals surface area (Å²) in [6.45, 7) is 1.96. The molecule has 0 saturated carbocycles. The molecule has 0 aliphatic carbocycles. The first-order valence-corrected chi connectivity index (χ1v) is 7.69. The topological polar surface area (TPSA) is 103 Å². The normalized spacial score (nSPS) is 19.5. The Morgan fingerprint density at radius 2 is 2.17 bits per heavy atom. The average molecular weight is 334 g/mol. The van der Waals surface area contributed by atoms with E-state index in [9.17, 15) is 14.4 Å². The van der Waals surface area contributed by atoms with E-state index in [1.54, 1.807) is 12.1 Å². The van der Waals surface area contributed by atoms with Crippen molar-refractivity contribution >= 4 is 17.8 Å². The van der Waals surface area contributed by atoms with E-state index >= 15 is 0 Å². The number of carbonyl (C=O) groups is 3. The second-order valence-electron chi connectivity index (χ2n) is 5.64. The molecule has 2 aliphatic rings. The third-order valence-electron chi connectivity index (χ3n) is 3.85. The zero-order valence-electron chi connectivity index (χ0n) is 13.2. The summed E-state index contributed by atoms with van der Waals surface area (Å²) in [5.74, 6) is 0.123. The van der Waals surface area contributed by atoms with Crippen LogP contribution in [0.4, 0.5) is 0 Å². The van der Waals surface area contributed by atoms with Crippen LogP contribution >= 0.6 is 0 Å². The Bertz CT molecular complexity index is 675. The van der Waals surface area contributed by atoms with Gasteiger partial charge in [0.2, 0.25) is 12.7 Å². The summed E-state index contributed by atoms with van der Waals surface area (Å²) in [6, 6.07) is 4.71. The van der Waals surface area contributed by atoms with Gasteiger partial charge in [0.05, 0.1) is 0 Å². The number of ether oxygens (including phenoxy) is 3. The lowest BCUT2D eigenvalue weighted by atomic mass is 10.2. The van der Waals surface area contributed by atoms with Crippen molar-refractivity contribution in [1.29, 1.82) is 0 Å². The molecule has 1 aromatic carbocycles. The SMILES string of the molecule is C[C@H](OC(=O)[C@H]1CCC(=O)N1)C(=O)NCc1ccc2c(c1)OCO2. The number of nitrogens with one attached hydrogen (secondary N) is 2. The van der Waals surface area contributed by atoms with Crippen LogP contribution in [0.15, 0.2) is 18.2 Å². The van der Waals surface area contributed by atoms with Crippen LogP contribution in [0.1, 0.15) is 25.3 Å². The first-order valence-electron chi connectivity index (χ1n) is 7.69. The number of hydrogen-bond acceptors (Lipinski definition) is 6. The van der Waals surface area contributed by atoms with Gasteiger partial charge in [-0.25, -0.2) is 4.79 Å². The molecule has 2 atom stereocenters. The number of amides is 2. The lowest BCUT2D eigenvalue weighted by Crippen LogP contribution is -2.41. The van der Waals surface area contributed by atoms with Gasteiger partial charge < -0.3 is 24.8 Å². The van der Waals surface area contributed by atoms with E-state index in [-0.39, 0.29) is 19.2 Å². The third-order valence-corrected chi connectivity index (χ3v) is 3.85. The van der Waals surface area contributed by atoms with Gasteiger partial charge in [0.25, 0.3) is 5.91 Å². The second-order valence-corrected chi connectivity index (χ2v) is 5.64. The number of fused-ring (bicyclic) bond motifs is 1. The van der Waals surface area contributed by atoms with Crippen molar-refractivity contribution in [2.45, 2.75) is 38.5 Å². The van der Waals surface area contributed by atoms with Crippen LogP contribution in [-0.2, 0) is 25.7 Å². The highest BCUT2D eigenvalue weighted by Crippen LogP contribution is 2.32. The number of rotatable bonds is 5. The molecule has 3 rings (SSSR count). The molecule has 24 heavy (non-hydrogen) atoms. The Hall–Kier alpha value is -2.77. The Balaban J connectivity index is 1.47. The quantitative estimate of drug-likeness (QED) is 0.748. The summed E-state index contributed by atoms with van der Waals surface area (Å²) in [5.41, 5.74) is 0.842. The molecule has 1 fully saturated rings. The molecular formula is C16H18N2O6. The highest BCUT2D eigenvalue weighted by atomic mass is 16.7. The first kappa shape index (κ1) is 16.1. The fourth-order valence-electron chi connectivity index (χ4n) is 2.48. The van der Waals surface area contributed by atoms with Gasteiger partial charge in [-0.1, -0.05) is 6.07 Å². The summed E-state index contributed by atoms with van der Waals surface area (Å²) in [6.07, 6.45) is -0.253. The van der Waals surface area contributed by atoms with Crippen molar-refractivity contribution in [3.63, 3.8) is 0 Å². The summed E-state index contributed by atoms with van der Waals surface area (Å²) in [7, 11) is 0. The third kappa shape index (κ3) is 3.58. The van der Waals surface area contributed by atoms with Crippen molar-refractivity contribution in [3.8, 4) is 11.5 Å². The molecule has 1 aromatic rings. The molecule has 8 nitrogen and oxygen atoms in total. The van der Waals surface area contributed by atoms with Gasteiger partial charge in [0.1, 0.15) is 6.04 Å². The molecule has 0 radical (unpaired) electrons. The van der Waals surface area contributed by atoms with Crippen LogP contribution in [0.25, 0.3) is 0 Å². The van der Waals surface area contributed by atoms with Gasteiger partial charge in [-0.15, -0.1) is 0 Å². The monoisotopic (exact) mass is 334 g/mol. The number of hydrogen-bond donors (Lipinski definition) is 2. The fraction of sp³-hybridized carbons (Fsp3) is 0.438. The van der Waals surface area contributed by atoms with Gasteiger partial charge in [0, 0.05) is 13.0 Å². The predicted octanol–water partition coefficient (Wildman–Crippen LogP) is 0.242. The molecule has 0 bridgehead atoms. The molecular weight excluding hydrogens is 316 g/mol. The zero-order chi connectivity index (χ0) is 17.1. The van der Waals surface area contributed by atoms with Crippen molar-refractivity contribution < 1.29 is 28.6 Å². The maximum Gasteiger partial charge on any atom is 0.329 e. The molecule has 0 unspecified atom stereocenters. The first-order chi connectivity index (χ1) is 11.5. The molecule has 2 heterocycles. The standard InChI is InChI=1S/C16H18N2O6/c1-9(24-16(21)11-3-5-14(19)18-11)15(20)17-7-10-2-4-12-13(6-10)23-8-22-12/h2,4,6,9,11H,3,5,7-8H2,1H3,(H,17,20)(H,18,19)/t9-,11+/m0/s1. The van der Waals surface area contributed by atoms with Crippen molar-refractivity contribution in [2.75, 3.05) is 6.79 Å². The van der Waals surface area contributed by atoms with Crippen LogP contribution < -0.4 is 20.1 Å². The van der Waals surface area contributed by atoms with Gasteiger partial charge in [-0.3, -0.25) is 9.59 Å². The van der Waals surface area contributed by atoms with E-state index in [4.69, 9.17) is 14.2 Å². The van der Waals surface area contributed by atoms with Gasteiger partial charge in [-0.2, -0.15) is 0 Å². The highest BCUT2D eigenvalue weighted by molar-refractivity contribution is 5.90. The minimum atomic E-state index is -0.941. The summed E-state index contributed by atoms with van der Waals surface area (Å²) >= 11 is 0.